The van der Waals surface area contributed by atoms with Crippen LogP contribution in [0, 0.1) is 33.3 Å². The lowest BCUT2D eigenvalue weighted by atomic mass is 9.72. The number of halogens is 1. The minimum atomic E-state index is -4.61. The Morgan fingerprint density at radius 2 is 1.66 bits per heavy atom. The van der Waals surface area contributed by atoms with Gasteiger partial charge < -0.3 is 34.6 Å². The number of carbonyl (C=O) groups excluding carboxylic acids is 4. The van der Waals surface area contributed by atoms with Crippen LogP contribution in [-0.2, 0) is 26.2 Å². The molecule has 4 amide bonds. The van der Waals surface area contributed by atoms with E-state index in [0.717, 1.165) is 163 Å². The molecule has 3 saturated heterocycles. The number of hydrogen-bond donors (Lipinski definition) is 4. The van der Waals surface area contributed by atoms with E-state index in [1.165, 1.54) is 35.0 Å². The molecular weight excluding hydrogens is 1220 g/mol. The number of nitrogens with one attached hydrogen (secondary N) is 4. The number of unbranched alkanes of at least 4 members (excludes halogenated alkanes) is 5. The number of ether oxygens (including phenoxy) is 1. The number of allylic oxidation sites excluding steroid dienone is 1. The molecule has 2 aromatic heterocycles. The van der Waals surface area contributed by atoms with Crippen molar-refractivity contribution in [2.24, 2.45) is 11.3 Å². The van der Waals surface area contributed by atoms with Crippen molar-refractivity contribution in [3.05, 3.63) is 152 Å². The molecule has 22 heteroatoms. The Morgan fingerprint density at radius 3 is 2.44 bits per heavy atom. The van der Waals surface area contributed by atoms with Crippen molar-refractivity contribution < 1.29 is 37.3 Å². The summed E-state index contributed by atoms with van der Waals surface area (Å²) in [6, 6.07) is 25.5. The average molecular weight is 1300 g/mol. The molecule has 0 radical (unpaired) electrons. The molecule has 0 saturated carbocycles. The number of fused-ring (bicyclic) bond motifs is 2. The number of H-pyrrole nitrogens is 1. The van der Waals surface area contributed by atoms with Gasteiger partial charge in [-0.15, -0.1) is 0 Å². The highest BCUT2D eigenvalue weighted by Gasteiger charge is 2.40. The van der Waals surface area contributed by atoms with Crippen LogP contribution in [0.5, 0.6) is 11.5 Å². The maximum absolute atomic E-state index is 14.2. The number of rotatable bonds is 25. The standard InChI is InChI=1S/C71H84ClN11O9S/c1-71(2)30-26-53(60(44-71)51-16-18-54(72)19-17-51)47-80-37-39-81(40-38-80)55-20-22-59(65(42-55)92-56-41-52-27-31-73-67(52)75-46-56)68(85)77-93(90,91)57-21-23-62(64(43-57)83(88)89)74-45-49-28-35-79(36-29-49)34-12-33-78(3)32-10-8-6-4-5-7-9-13-50-14-11-15-58-61(50)48-82(70(58)87)63-24-25-66(84)76-69(63)86/h11,14-23,27,31,41-43,46,49,63,74H,4-8,10,12,24-26,28-30,32-40,44-45,47-48H2,1-3H3,(H,73,75)(H,77,85)(H,76,84,86). The van der Waals surface area contributed by atoms with Crippen LogP contribution >= 0.6 is 11.6 Å². The highest BCUT2D eigenvalue weighted by Crippen LogP contribution is 2.44. The zero-order valence-corrected chi connectivity index (χ0v) is 55.0. The fourth-order valence-corrected chi connectivity index (χ4v) is 14.6. The number of nitro benzene ring substituents is 1. The monoisotopic (exact) mass is 1300 g/mol. The molecule has 0 spiro atoms. The molecular formula is C71H84ClN11O9S. The highest BCUT2D eigenvalue weighted by atomic mass is 35.5. The van der Waals surface area contributed by atoms with Crippen LogP contribution in [0.15, 0.2) is 114 Å². The number of imide groups is 1. The van der Waals surface area contributed by atoms with Crippen molar-refractivity contribution in [1.82, 2.24) is 39.6 Å². The van der Waals surface area contributed by atoms with E-state index >= 15 is 0 Å². The quantitative estimate of drug-likeness (QED) is 0.0137. The van der Waals surface area contributed by atoms with Crippen LogP contribution in [0.1, 0.15) is 141 Å². The van der Waals surface area contributed by atoms with Crippen LogP contribution in [0.2, 0.25) is 5.02 Å². The zero-order valence-electron chi connectivity index (χ0n) is 53.4. The Bertz CT molecular complexity index is 3960. The SMILES string of the molecule is CN(CCCCCCCC#Cc1cccc2c1CN(C1CCC(=O)NC1=O)C2=O)CCCN1CCC(CNc2ccc(S(=O)(=O)NC(=O)c3ccc(N4CCN(CC5=C(c6ccc(Cl)cc6)CC(C)(C)CC5)CC4)cc3Oc3cnc4[nH]ccc4c3)cc2[N+](=O)[O-])CC1. The van der Waals surface area contributed by atoms with Crippen LogP contribution in [-0.4, -0.2) is 152 Å². The van der Waals surface area contributed by atoms with E-state index in [2.05, 4.69) is 89.8 Å². The number of carbonyl (C=O) groups is 4. The van der Waals surface area contributed by atoms with Crippen molar-refractivity contribution in [1.29, 1.82) is 0 Å². The minimum Gasteiger partial charge on any atom is -0.455 e. The Kier molecular flexibility index (Phi) is 21.3. The number of piperidine rings is 2. The summed E-state index contributed by atoms with van der Waals surface area (Å²) in [5, 5.41) is 19.6. The number of sulfonamides is 1. The summed E-state index contributed by atoms with van der Waals surface area (Å²) in [6.07, 6.45) is 16.2. The third-order valence-corrected chi connectivity index (χ3v) is 20.6. The normalized spacial score (nSPS) is 18.2. The second-order valence-corrected chi connectivity index (χ2v) is 28.4. The van der Waals surface area contributed by atoms with Crippen molar-refractivity contribution >= 4 is 78.9 Å². The summed E-state index contributed by atoms with van der Waals surface area (Å²) in [4.78, 5) is 81.6. The van der Waals surface area contributed by atoms with Gasteiger partial charge in [-0.2, -0.15) is 0 Å². The smallest absolute Gasteiger partial charge is 0.293 e. The molecule has 1 unspecified atom stereocenters. The number of pyridine rings is 1. The summed E-state index contributed by atoms with van der Waals surface area (Å²) >= 11 is 6.28. The van der Waals surface area contributed by atoms with Crippen molar-refractivity contribution in [2.75, 3.05) is 89.3 Å². The van der Waals surface area contributed by atoms with E-state index in [1.54, 1.807) is 41.4 Å². The largest absolute Gasteiger partial charge is 0.455 e. The first-order valence-corrected chi connectivity index (χ1v) is 34.6. The van der Waals surface area contributed by atoms with Gasteiger partial charge in [-0.05, 0) is 186 Å². The van der Waals surface area contributed by atoms with Gasteiger partial charge in [0.25, 0.3) is 27.5 Å². The number of nitro groups is 1. The zero-order chi connectivity index (χ0) is 65.2. The second-order valence-electron chi connectivity index (χ2n) is 26.3. The summed E-state index contributed by atoms with van der Waals surface area (Å²) in [6.45, 7) is 14.3. The summed E-state index contributed by atoms with van der Waals surface area (Å²) in [5.74, 6) is 5.44. The predicted octanol–water partition coefficient (Wildman–Crippen LogP) is 11.4. The molecule has 6 aromatic rings. The van der Waals surface area contributed by atoms with Gasteiger partial charge >= 0.3 is 0 Å². The third-order valence-electron chi connectivity index (χ3n) is 19.0. The number of piperazine rings is 1. The minimum absolute atomic E-state index is 0.0434. The molecule has 4 N–H and O–H groups in total. The number of likely N-dealkylation sites (tertiary alicyclic amines) is 1. The first-order chi connectivity index (χ1) is 44.8. The van der Waals surface area contributed by atoms with E-state index in [0.29, 0.717) is 49.6 Å². The van der Waals surface area contributed by atoms with Gasteiger partial charge in [0.1, 0.15) is 28.9 Å². The lowest BCUT2D eigenvalue weighted by molar-refractivity contribution is -0.384. The van der Waals surface area contributed by atoms with E-state index in [9.17, 15) is 37.7 Å². The molecule has 1 aliphatic carbocycles. The van der Waals surface area contributed by atoms with Gasteiger partial charge in [-0.25, -0.2) is 18.1 Å². The third kappa shape index (κ3) is 16.8. The Balaban J connectivity index is 0.612. The van der Waals surface area contributed by atoms with Gasteiger partial charge in [-0.3, -0.25) is 39.5 Å². The van der Waals surface area contributed by atoms with E-state index in [-0.39, 0.29) is 46.6 Å². The van der Waals surface area contributed by atoms with Gasteiger partial charge in [0, 0.05) is 104 Å². The number of anilines is 2. The lowest BCUT2D eigenvalue weighted by Crippen LogP contribution is -2.52. The van der Waals surface area contributed by atoms with Gasteiger partial charge in [0.15, 0.2) is 0 Å². The topological polar surface area (TPSA) is 236 Å². The van der Waals surface area contributed by atoms with Crippen LogP contribution in [0.3, 0.4) is 0 Å². The molecule has 4 aliphatic heterocycles. The Labute approximate surface area is 550 Å². The lowest BCUT2D eigenvalue weighted by Gasteiger charge is -2.39. The number of aromatic amines is 1. The molecule has 3 fully saturated rings. The molecule has 6 heterocycles. The molecule has 20 nitrogen and oxygen atoms in total. The molecule has 11 rings (SSSR count). The number of hydrogen-bond acceptors (Lipinski definition) is 15. The van der Waals surface area contributed by atoms with Crippen LogP contribution < -0.4 is 25.0 Å². The number of benzene rings is 4. The highest BCUT2D eigenvalue weighted by molar-refractivity contribution is 7.90. The first-order valence-electron chi connectivity index (χ1n) is 32.8. The summed E-state index contributed by atoms with van der Waals surface area (Å²) < 4.78 is 36.6. The summed E-state index contributed by atoms with van der Waals surface area (Å²) in [5.41, 5.74) is 7.75. The molecule has 5 aliphatic rings. The molecule has 490 valence electrons. The average Bonchev–Trinajstić information content (AvgIpc) is 1.78. The van der Waals surface area contributed by atoms with E-state index in [4.69, 9.17) is 16.3 Å². The first kappa shape index (κ1) is 66.3. The number of nitrogens with zero attached hydrogens (tertiary/aromatic N) is 7. The van der Waals surface area contributed by atoms with Crippen molar-refractivity contribution in [2.45, 2.75) is 121 Å². The Morgan fingerprint density at radius 1 is 0.882 bits per heavy atom. The Hall–Kier alpha value is -8.13. The van der Waals surface area contributed by atoms with Gasteiger partial charge in [0.2, 0.25) is 11.8 Å². The van der Waals surface area contributed by atoms with Crippen molar-refractivity contribution in [3.8, 4) is 23.3 Å². The molecule has 4 aromatic carbocycles. The predicted molar refractivity (Wildman–Crippen MR) is 362 cm³/mol. The molecule has 1 atom stereocenters. The van der Waals surface area contributed by atoms with Crippen molar-refractivity contribution in [3.63, 3.8) is 0 Å². The fraction of sp³-hybridized carbons (Fsp3) is 0.451. The van der Waals surface area contributed by atoms with Crippen LogP contribution in [0.25, 0.3) is 16.6 Å². The molecule has 93 heavy (non-hydrogen) atoms. The van der Waals surface area contributed by atoms with E-state index < -0.39 is 43.4 Å². The van der Waals surface area contributed by atoms with E-state index in [1.807, 2.05) is 30.3 Å². The van der Waals surface area contributed by atoms with Gasteiger partial charge in [0.05, 0.1) is 21.6 Å². The molecule has 0 bridgehead atoms. The maximum Gasteiger partial charge on any atom is 0.293 e. The maximum atomic E-state index is 14.2. The second kappa shape index (κ2) is 29.9. The fourth-order valence-electron chi connectivity index (χ4n) is 13.5. The van der Waals surface area contributed by atoms with Crippen LogP contribution in [0.4, 0.5) is 17.1 Å². The van der Waals surface area contributed by atoms with Gasteiger partial charge in [-0.1, -0.05) is 80.3 Å². The number of amides is 4. The summed E-state index contributed by atoms with van der Waals surface area (Å²) in [7, 11) is -2.43. The number of aromatic nitrogens is 2.